The Bertz CT molecular complexity index is 1190. The number of amides is 1. The average molecular weight is 510 g/mol. The molecule has 0 aromatic heterocycles. The number of carbonyl (C=O) groups excluding carboxylic acids is 1. The summed E-state index contributed by atoms with van der Waals surface area (Å²) in [6.45, 7) is 4.51. The maximum Gasteiger partial charge on any atom is 0.237 e. The highest BCUT2D eigenvalue weighted by Crippen LogP contribution is 2.24. The molecule has 2 atom stereocenters. The molecule has 0 unspecified atom stereocenters. The van der Waals surface area contributed by atoms with Gasteiger partial charge < -0.3 is 15.4 Å². The highest BCUT2D eigenvalue weighted by atomic mass is 35.5. The molecule has 1 saturated heterocycles. The van der Waals surface area contributed by atoms with Crippen LogP contribution in [0.1, 0.15) is 28.7 Å². The number of halogens is 2. The maximum absolute atomic E-state index is 13.9. The van der Waals surface area contributed by atoms with E-state index in [0.717, 1.165) is 23.4 Å². The Kier molecular flexibility index (Phi) is 8.97. The van der Waals surface area contributed by atoms with E-state index in [0.29, 0.717) is 43.1 Å². The topological polar surface area (TPSA) is 53.6 Å². The summed E-state index contributed by atoms with van der Waals surface area (Å²) in [5.74, 6) is 0.602. The van der Waals surface area contributed by atoms with E-state index in [1.807, 2.05) is 43.3 Å². The van der Waals surface area contributed by atoms with Gasteiger partial charge in [0.1, 0.15) is 11.6 Å². The number of nitrogens with one attached hydrogen (secondary N) is 2. The van der Waals surface area contributed by atoms with E-state index >= 15 is 0 Å². The first-order chi connectivity index (χ1) is 17.4. The molecule has 1 fully saturated rings. The number of carbonyl (C=O) groups is 1. The third-order valence-corrected chi connectivity index (χ3v) is 6.92. The van der Waals surface area contributed by atoms with Crippen LogP contribution in [-0.4, -0.2) is 43.1 Å². The lowest BCUT2D eigenvalue weighted by Gasteiger charge is -2.23. The Morgan fingerprint density at radius 3 is 2.69 bits per heavy atom. The summed E-state index contributed by atoms with van der Waals surface area (Å²) in [7, 11) is 1.68. The number of methoxy groups -OCH3 is 1. The first-order valence-electron chi connectivity index (χ1n) is 12.3. The molecule has 190 valence electrons. The molecule has 1 heterocycles. The second-order valence-electron chi connectivity index (χ2n) is 9.33. The van der Waals surface area contributed by atoms with Crippen molar-refractivity contribution >= 4 is 17.5 Å². The van der Waals surface area contributed by atoms with Crippen LogP contribution in [0.15, 0.2) is 66.7 Å². The number of rotatable bonds is 10. The van der Waals surface area contributed by atoms with Crippen LogP contribution in [0.5, 0.6) is 5.75 Å². The second-order valence-corrected chi connectivity index (χ2v) is 9.76. The predicted molar refractivity (Wildman–Crippen MR) is 142 cm³/mol. The molecule has 2 N–H and O–H groups in total. The third-order valence-electron chi connectivity index (χ3n) is 6.69. The average Bonchev–Trinajstić information content (AvgIpc) is 3.26. The molecule has 0 spiro atoms. The molecule has 1 aliphatic rings. The fraction of sp³-hybridized carbons (Fsp3) is 0.345. The van der Waals surface area contributed by atoms with E-state index in [2.05, 4.69) is 27.7 Å². The zero-order valence-corrected chi connectivity index (χ0v) is 21.5. The van der Waals surface area contributed by atoms with Gasteiger partial charge >= 0.3 is 0 Å². The summed E-state index contributed by atoms with van der Waals surface area (Å²) in [6.07, 6.45) is 1.15. The lowest BCUT2D eigenvalue weighted by atomic mass is 10.1. The molecule has 3 aromatic carbocycles. The Morgan fingerprint density at radius 1 is 1.11 bits per heavy atom. The van der Waals surface area contributed by atoms with Crippen LogP contribution in [0.2, 0.25) is 5.02 Å². The summed E-state index contributed by atoms with van der Waals surface area (Å²) >= 11 is 6.20. The van der Waals surface area contributed by atoms with Crippen molar-refractivity contribution in [3.8, 4) is 5.75 Å². The lowest BCUT2D eigenvalue weighted by Crippen LogP contribution is -2.43. The monoisotopic (exact) mass is 509 g/mol. The van der Waals surface area contributed by atoms with Gasteiger partial charge in [0.25, 0.3) is 0 Å². The molecule has 7 heteroatoms. The smallest absolute Gasteiger partial charge is 0.237 e. The molecule has 0 saturated carbocycles. The van der Waals surface area contributed by atoms with Gasteiger partial charge in [-0.25, -0.2) is 4.39 Å². The normalized spacial score (nSPS) is 17.8. The SMILES string of the molecule is COc1ccc(CN[C@H]2C[C@@H](C(=O)NCCc3ccccc3F)N(Cc3cccc(Cl)c3)C2)cc1C. The Hall–Kier alpha value is -2.93. The van der Waals surface area contributed by atoms with Crippen molar-refractivity contribution in [1.29, 1.82) is 0 Å². The minimum Gasteiger partial charge on any atom is -0.496 e. The van der Waals surface area contributed by atoms with Crippen LogP contribution in [0.4, 0.5) is 4.39 Å². The number of hydrogen-bond donors (Lipinski definition) is 2. The van der Waals surface area contributed by atoms with E-state index in [9.17, 15) is 9.18 Å². The van der Waals surface area contributed by atoms with Crippen molar-refractivity contribution in [1.82, 2.24) is 15.5 Å². The molecule has 5 nitrogen and oxygen atoms in total. The van der Waals surface area contributed by atoms with Crippen molar-refractivity contribution in [3.05, 3.63) is 99.8 Å². The van der Waals surface area contributed by atoms with Gasteiger partial charge in [-0.3, -0.25) is 9.69 Å². The largest absolute Gasteiger partial charge is 0.496 e. The van der Waals surface area contributed by atoms with Gasteiger partial charge in [-0.2, -0.15) is 0 Å². The highest BCUT2D eigenvalue weighted by molar-refractivity contribution is 6.30. The van der Waals surface area contributed by atoms with Crippen LogP contribution >= 0.6 is 11.6 Å². The van der Waals surface area contributed by atoms with Crippen molar-refractivity contribution in [3.63, 3.8) is 0 Å². The summed E-state index contributed by atoms with van der Waals surface area (Å²) in [5, 5.41) is 7.34. The molecule has 36 heavy (non-hydrogen) atoms. The zero-order valence-electron chi connectivity index (χ0n) is 20.8. The Labute approximate surface area is 217 Å². The summed E-state index contributed by atoms with van der Waals surface area (Å²) in [6, 6.07) is 20.5. The van der Waals surface area contributed by atoms with Crippen molar-refractivity contribution in [2.45, 2.75) is 44.9 Å². The number of hydrogen-bond acceptors (Lipinski definition) is 4. The first kappa shape index (κ1) is 26.1. The van der Waals surface area contributed by atoms with Gasteiger partial charge in [0.15, 0.2) is 0 Å². The molecular formula is C29H33ClFN3O2. The third kappa shape index (κ3) is 6.84. The molecular weight excluding hydrogens is 477 g/mol. The van der Waals surface area contributed by atoms with E-state index in [-0.39, 0.29) is 23.8 Å². The fourth-order valence-corrected chi connectivity index (χ4v) is 5.03. The van der Waals surface area contributed by atoms with Gasteiger partial charge in [-0.15, -0.1) is 0 Å². The first-order valence-corrected chi connectivity index (χ1v) is 12.7. The van der Waals surface area contributed by atoms with Crippen LogP contribution in [-0.2, 0) is 24.3 Å². The quantitative estimate of drug-likeness (QED) is 0.409. The molecule has 0 aliphatic carbocycles. The van der Waals surface area contributed by atoms with Gasteiger partial charge in [0, 0.05) is 37.2 Å². The van der Waals surface area contributed by atoms with E-state index in [4.69, 9.17) is 16.3 Å². The van der Waals surface area contributed by atoms with Crippen molar-refractivity contribution in [2.24, 2.45) is 0 Å². The Balaban J connectivity index is 1.39. The summed E-state index contributed by atoms with van der Waals surface area (Å²) in [5.41, 5.74) is 3.94. The number of ether oxygens (including phenoxy) is 1. The van der Waals surface area contributed by atoms with Gasteiger partial charge in [-0.1, -0.05) is 54.1 Å². The minimum absolute atomic E-state index is 0.0297. The standard InChI is InChI=1S/C29H33ClFN3O2/c1-20-14-21(10-11-28(20)36-2)17-33-25-16-27(34(19-25)18-22-6-5-8-24(30)15-22)29(35)32-13-12-23-7-3-4-9-26(23)31/h3-11,14-15,25,27,33H,12-13,16-19H2,1-2H3,(H,32,35)/t25-,27-/m0/s1. The molecule has 1 amide bonds. The second kappa shape index (κ2) is 12.3. The van der Waals surface area contributed by atoms with Crippen LogP contribution in [0.25, 0.3) is 0 Å². The van der Waals surface area contributed by atoms with E-state index < -0.39 is 0 Å². The number of benzene rings is 3. The molecule has 0 bridgehead atoms. The van der Waals surface area contributed by atoms with E-state index in [1.54, 1.807) is 19.2 Å². The van der Waals surface area contributed by atoms with Gasteiger partial charge in [0.2, 0.25) is 5.91 Å². The summed E-state index contributed by atoms with van der Waals surface area (Å²) < 4.78 is 19.3. The highest BCUT2D eigenvalue weighted by Gasteiger charge is 2.36. The van der Waals surface area contributed by atoms with Crippen LogP contribution in [0, 0.1) is 12.7 Å². The predicted octanol–water partition coefficient (Wildman–Crippen LogP) is 4.89. The molecule has 1 aliphatic heterocycles. The number of likely N-dealkylation sites (tertiary alicyclic amines) is 1. The fourth-order valence-electron chi connectivity index (χ4n) is 4.82. The zero-order chi connectivity index (χ0) is 25.5. The van der Waals surface area contributed by atoms with E-state index in [1.165, 1.54) is 11.6 Å². The van der Waals surface area contributed by atoms with Gasteiger partial charge in [-0.05, 0) is 66.3 Å². The van der Waals surface area contributed by atoms with Crippen LogP contribution < -0.4 is 15.4 Å². The number of nitrogens with zero attached hydrogens (tertiary/aromatic N) is 1. The van der Waals surface area contributed by atoms with Crippen molar-refractivity contribution < 1.29 is 13.9 Å². The lowest BCUT2D eigenvalue weighted by molar-refractivity contribution is -0.125. The van der Waals surface area contributed by atoms with Gasteiger partial charge in [0.05, 0.1) is 13.2 Å². The molecule has 3 aromatic rings. The van der Waals surface area contributed by atoms with Crippen LogP contribution in [0.3, 0.4) is 0 Å². The Morgan fingerprint density at radius 2 is 1.94 bits per heavy atom. The molecule has 0 radical (unpaired) electrons. The van der Waals surface area contributed by atoms with Crippen molar-refractivity contribution in [2.75, 3.05) is 20.2 Å². The number of aryl methyl sites for hydroxylation is 1. The minimum atomic E-state index is -0.278. The molecule has 4 rings (SSSR count). The maximum atomic E-state index is 13.9. The summed E-state index contributed by atoms with van der Waals surface area (Å²) in [4.78, 5) is 15.4.